The normalized spacial score (nSPS) is 16.0. The first kappa shape index (κ1) is 10.6. The molecule has 0 aliphatic heterocycles. The van der Waals surface area contributed by atoms with Gasteiger partial charge in [-0.15, -0.1) is 0 Å². The second kappa shape index (κ2) is 7.75. The van der Waals surface area contributed by atoms with E-state index in [0.717, 1.165) is 12.8 Å². The Hall–Kier alpha value is -0.352. The minimum absolute atomic E-state index is 0. The van der Waals surface area contributed by atoms with Crippen molar-refractivity contribution in [3.05, 3.63) is 48.6 Å². The van der Waals surface area contributed by atoms with Crippen LogP contribution < -0.4 is 0 Å². The Labute approximate surface area is 82.6 Å². The molecule has 2 aliphatic carbocycles. The van der Waals surface area contributed by atoms with E-state index in [1.54, 1.807) is 0 Å². The number of allylic oxidation sites excluding steroid dienone is 8. The third kappa shape index (κ3) is 6.06. The van der Waals surface area contributed by atoms with Crippen molar-refractivity contribution in [3.8, 4) is 0 Å². The summed E-state index contributed by atoms with van der Waals surface area (Å²) in [6.45, 7) is 0. The fraction of sp³-hybridized carbons (Fsp3) is 0.200. The van der Waals surface area contributed by atoms with Crippen LogP contribution in [0.25, 0.3) is 0 Å². The number of hydrogen-bond acceptors (Lipinski definition) is 0. The van der Waals surface area contributed by atoms with Gasteiger partial charge in [-0.05, 0) is 12.8 Å². The van der Waals surface area contributed by atoms with Crippen LogP contribution >= 0.6 is 0 Å². The summed E-state index contributed by atoms with van der Waals surface area (Å²) < 4.78 is 0. The van der Waals surface area contributed by atoms with Crippen molar-refractivity contribution in [1.29, 1.82) is 0 Å². The molecule has 0 atom stereocenters. The van der Waals surface area contributed by atoms with Gasteiger partial charge >= 0.3 is 21.1 Å². The first-order valence-electron chi connectivity index (χ1n) is 3.63. The zero-order chi connectivity index (χ0) is 7.07. The molecule has 0 aromatic heterocycles. The van der Waals surface area contributed by atoms with Crippen LogP contribution in [0.4, 0.5) is 0 Å². The molecule has 0 saturated carbocycles. The number of rotatable bonds is 0. The monoisotopic (exact) mass is 320 g/mol. The summed E-state index contributed by atoms with van der Waals surface area (Å²) in [4.78, 5) is 0. The molecule has 0 radical (unpaired) electrons. The SMILES string of the molecule is C1=CCC=C1.C1=CCC=C1.[WH4]. The van der Waals surface area contributed by atoms with Crippen molar-refractivity contribution in [2.45, 2.75) is 12.8 Å². The van der Waals surface area contributed by atoms with E-state index in [9.17, 15) is 0 Å². The van der Waals surface area contributed by atoms with Crippen molar-refractivity contribution >= 4 is 0 Å². The van der Waals surface area contributed by atoms with Gasteiger partial charge in [0.2, 0.25) is 0 Å². The number of hydrogen-bond donors (Lipinski definition) is 0. The zero-order valence-electron chi connectivity index (χ0n) is 6.74. The summed E-state index contributed by atoms with van der Waals surface area (Å²) in [5.41, 5.74) is 0. The van der Waals surface area contributed by atoms with Gasteiger partial charge in [-0.25, -0.2) is 0 Å². The first-order chi connectivity index (χ1) is 5.00. The van der Waals surface area contributed by atoms with E-state index < -0.39 is 0 Å². The van der Waals surface area contributed by atoms with Crippen LogP contribution in [-0.4, -0.2) is 0 Å². The van der Waals surface area contributed by atoms with E-state index in [2.05, 4.69) is 48.6 Å². The van der Waals surface area contributed by atoms with Crippen molar-refractivity contribution in [3.63, 3.8) is 0 Å². The van der Waals surface area contributed by atoms with Crippen molar-refractivity contribution in [2.24, 2.45) is 0 Å². The maximum atomic E-state index is 2.12. The van der Waals surface area contributed by atoms with Crippen LogP contribution in [-0.2, 0) is 21.1 Å². The molecule has 0 nitrogen and oxygen atoms in total. The quantitative estimate of drug-likeness (QED) is 0.640. The van der Waals surface area contributed by atoms with Gasteiger partial charge in [0, 0.05) is 0 Å². The molecule has 1 heteroatoms. The molecule has 2 aliphatic rings. The fourth-order valence-corrected chi connectivity index (χ4v) is 0.786. The fourth-order valence-electron chi connectivity index (χ4n) is 0.786. The second-order valence-corrected chi connectivity index (χ2v) is 2.18. The summed E-state index contributed by atoms with van der Waals surface area (Å²) in [6, 6.07) is 0. The summed E-state index contributed by atoms with van der Waals surface area (Å²) in [6.07, 6.45) is 19.0. The van der Waals surface area contributed by atoms with Crippen molar-refractivity contribution in [2.75, 3.05) is 0 Å². The van der Waals surface area contributed by atoms with Crippen LogP contribution in [0.3, 0.4) is 0 Å². The zero-order valence-corrected chi connectivity index (χ0v) is 11.8. The van der Waals surface area contributed by atoms with Crippen LogP contribution in [0.2, 0.25) is 0 Å². The molecule has 2 rings (SSSR count). The van der Waals surface area contributed by atoms with Gasteiger partial charge in [-0.2, -0.15) is 0 Å². The van der Waals surface area contributed by atoms with E-state index in [1.807, 2.05) is 0 Å². The Morgan fingerprint density at radius 2 is 0.818 bits per heavy atom. The van der Waals surface area contributed by atoms with E-state index in [-0.39, 0.29) is 21.1 Å². The summed E-state index contributed by atoms with van der Waals surface area (Å²) in [7, 11) is 0. The van der Waals surface area contributed by atoms with E-state index >= 15 is 0 Å². The molecule has 11 heavy (non-hydrogen) atoms. The molecule has 0 N–H and O–H groups in total. The Kier molecular flexibility index (Phi) is 7.50. The molecule has 0 spiro atoms. The molecule has 0 saturated heterocycles. The van der Waals surface area contributed by atoms with Gasteiger partial charge in [0.1, 0.15) is 0 Å². The van der Waals surface area contributed by atoms with E-state index in [1.165, 1.54) is 0 Å². The molecule has 0 aromatic rings. The van der Waals surface area contributed by atoms with Gasteiger partial charge in [-0.1, -0.05) is 48.6 Å². The molecule has 0 bridgehead atoms. The third-order valence-electron chi connectivity index (χ3n) is 1.31. The van der Waals surface area contributed by atoms with Gasteiger partial charge in [0.05, 0.1) is 0 Å². The molecule has 0 unspecified atom stereocenters. The predicted molar refractivity (Wildman–Crippen MR) is 51.4 cm³/mol. The average molecular weight is 320 g/mol. The summed E-state index contributed by atoms with van der Waals surface area (Å²) >= 11 is 0. The Bertz CT molecular complexity index is 143. The van der Waals surface area contributed by atoms with Crippen LogP contribution in [0, 0.1) is 0 Å². The molecule has 0 heterocycles. The minimum atomic E-state index is 0. The van der Waals surface area contributed by atoms with Gasteiger partial charge in [0.25, 0.3) is 0 Å². The van der Waals surface area contributed by atoms with Crippen molar-refractivity contribution in [1.82, 2.24) is 0 Å². The van der Waals surface area contributed by atoms with Gasteiger partial charge in [-0.3, -0.25) is 0 Å². The Morgan fingerprint density at radius 1 is 0.545 bits per heavy atom. The molecule has 0 amide bonds. The second-order valence-electron chi connectivity index (χ2n) is 2.18. The first-order valence-corrected chi connectivity index (χ1v) is 3.63. The van der Waals surface area contributed by atoms with Gasteiger partial charge in [0.15, 0.2) is 0 Å². The molecule has 0 fully saturated rings. The van der Waals surface area contributed by atoms with E-state index in [0.29, 0.717) is 0 Å². The summed E-state index contributed by atoms with van der Waals surface area (Å²) in [5.74, 6) is 0. The standard InChI is InChI=1S/2C5H6.W.4H/c2*1-2-4-5-3-1;;;;;/h2*1-4H,5H2;;;;;. The van der Waals surface area contributed by atoms with Gasteiger partial charge < -0.3 is 0 Å². The Balaban J connectivity index is 0.000000167. The molecule has 0 aromatic carbocycles. The van der Waals surface area contributed by atoms with Crippen LogP contribution in [0.1, 0.15) is 12.8 Å². The molecule has 62 valence electrons. The van der Waals surface area contributed by atoms with Crippen LogP contribution in [0.5, 0.6) is 0 Å². The topological polar surface area (TPSA) is 0 Å². The third-order valence-corrected chi connectivity index (χ3v) is 1.31. The van der Waals surface area contributed by atoms with E-state index in [4.69, 9.17) is 0 Å². The van der Waals surface area contributed by atoms with Crippen LogP contribution in [0.15, 0.2) is 48.6 Å². The predicted octanol–water partition coefficient (Wildman–Crippen LogP) is 1.93. The van der Waals surface area contributed by atoms with Crippen molar-refractivity contribution < 1.29 is 21.1 Å². The maximum absolute atomic E-state index is 2.12. The molecular weight excluding hydrogens is 304 g/mol. The average Bonchev–Trinajstić information content (AvgIpc) is 2.67. The Morgan fingerprint density at radius 3 is 0.909 bits per heavy atom. The summed E-state index contributed by atoms with van der Waals surface area (Å²) in [5, 5.41) is 0. The molecular formula is C10H16W.